The van der Waals surface area contributed by atoms with Gasteiger partial charge in [-0.05, 0) is 23.8 Å². The number of ether oxygens (including phenoxy) is 2. The standard InChI is InChI=1S/C17H15NO5/c1-22-17(19)10-8-14-7-9-15(11-16(14)18(20)21)23-12-13-5-3-2-4-6-13/h2-11H,12H2,1H3. The maximum absolute atomic E-state index is 11.2. The molecule has 0 heterocycles. The van der Waals surface area contributed by atoms with Crippen LogP contribution in [0.1, 0.15) is 11.1 Å². The minimum Gasteiger partial charge on any atom is -0.489 e. The lowest BCUT2D eigenvalue weighted by atomic mass is 10.1. The van der Waals surface area contributed by atoms with Crippen molar-refractivity contribution in [3.63, 3.8) is 0 Å². The van der Waals surface area contributed by atoms with Gasteiger partial charge in [0.1, 0.15) is 12.4 Å². The van der Waals surface area contributed by atoms with Gasteiger partial charge in [0.2, 0.25) is 0 Å². The van der Waals surface area contributed by atoms with E-state index in [0.717, 1.165) is 11.6 Å². The van der Waals surface area contributed by atoms with Gasteiger partial charge >= 0.3 is 5.97 Å². The van der Waals surface area contributed by atoms with Gasteiger partial charge in [-0.25, -0.2) is 4.79 Å². The fourth-order valence-electron chi connectivity index (χ4n) is 1.88. The monoisotopic (exact) mass is 313 g/mol. The number of nitro groups is 1. The topological polar surface area (TPSA) is 78.7 Å². The average Bonchev–Trinajstić information content (AvgIpc) is 2.58. The van der Waals surface area contributed by atoms with Crippen LogP contribution in [-0.2, 0) is 16.1 Å². The number of benzene rings is 2. The molecule has 0 aliphatic heterocycles. The molecule has 0 saturated carbocycles. The van der Waals surface area contributed by atoms with Gasteiger partial charge in [0.25, 0.3) is 5.69 Å². The Labute approximate surface area is 133 Å². The number of rotatable bonds is 6. The summed E-state index contributed by atoms with van der Waals surface area (Å²) in [5.41, 5.74) is 1.12. The molecule has 118 valence electrons. The molecule has 0 saturated heterocycles. The molecule has 2 rings (SSSR count). The summed E-state index contributed by atoms with van der Waals surface area (Å²) in [5.74, 6) is -0.195. The normalized spacial score (nSPS) is 10.5. The van der Waals surface area contributed by atoms with E-state index in [-0.39, 0.29) is 5.69 Å². The first-order chi connectivity index (χ1) is 11.1. The van der Waals surface area contributed by atoms with E-state index in [4.69, 9.17) is 4.74 Å². The number of esters is 1. The summed E-state index contributed by atoms with van der Waals surface area (Å²) in [6.45, 7) is 0.315. The predicted molar refractivity (Wildman–Crippen MR) is 84.9 cm³/mol. The fourth-order valence-corrected chi connectivity index (χ4v) is 1.88. The van der Waals surface area contributed by atoms with Crippen LogP contribution in [0.25, 0.3) is 6.08 Å². The lowest BCUT2D eigenvalue weighted by molar-refractivity contribution is -0.385. The molecule has 0 atom stereocenters. The van der Waals surface area contributed by atoms with Crippen LogP contribution in [-0.4, -0.2) is 18.0 Å². The quantitative estimate of drug-likeness (QED) is 0.353. The Morgan fingerprint density at radius 3 is 2.61 bits per heavy atom. The van der Waals surface area contributed by atoms with Gasteiger partial charge in [-0.2, -0.15) is 0 Å². The molecular weight excluding hydrogens is 298 g/mol. The molecule has 2 aromatic rings. The Kier molecular flexibility index (Phi) is 5.46. The van der Waals surface area contributed by atoms with Crippen LogP contribution >= 0.6 is 0 Å². The van der Waals surface area contributed by atoms with E-state index < -0.39 is 10.9 Å². The van der Waals surface area contributed by atoms with Gasteiger partial charge < -0.3 is 9.47 Å². The van der Waals surface area contributed by atoms with Crippen LogP contribution in [0.5, 0.6) is 5.75 Å². The average molecular weight is 313 g/mol. The van der Waals surface area contributed by atoms with Gasteiger partial charge in [0.05, 0.1) is 23.7 Å². The Hall–Kier alpha value is -3.15. The first-order valence-electron chi connectivity index (χ1n) is 6.81. The molecule has 6 heteroatoms. The number of hydrogen-bond acceptors (Lipinski definition) is 5. The highest BCUT2D eigenvalue weighted by atomic mass is 16.6. The third kappa shape index (κ3) is 4.67. The summed E-state index contributed by atoms with van der Waals surface area (Å²) in [4.78, 5) is 21.7. The third-order valence-corrected chi connectivity index (χ3v) is 3.05. The van der Waals surface area contributed by atoms with E-state index in [1.165, 1.54) is 25.3 Å². The first kappa shape index (κ1) is 16.2. The van der Waals surface area contributed by atoms with Gasteiger partial charge in [-0.3, -0.25) is 10.1 Å². The molecule has 0 amide bonds. The SMILES string of the molecule is COC(=O)C=Cc1ccc(OCc2ccccc2)cc1[N+](=O)[O-]. The molecule has 0 N–H and O–H groups in total. The van der Waals surface area contributed by atoms with Crippen molar-refractivity contribution < 1.29 is 19.2 Å². The number of nitrogens with zero attached hydrogens (tertiary/aromatic N) is 1. The van der Waals surface area contributed by atoms with Crippen molar-refractivity contribution in [3.8, 4) is 5.75 Å². The summed E-state index contributed by atoms with van der Waals surface area (Å²) in [6.07, 6.45) is 2.47. The van der Waals surface area contributed by atoms with Crippen molar-refractivity contribution in [2.75, 3.05) is 7.11 Å². The molecule has 0 aliphatic rings. The smallest absolute Gasteiger partial charge is 0.330 e. The Balaban J connectivity index is 2.17. The molecule has 0 fully saturated rings. The zero-order valence-corrected chi connectivity index (χ0v) is 12.5. The van der Waals surface area contributed by atoms with E-state index in [0.29, 0.717) is 17.9 Å². The van der Waals surface area contributed by atoms with Crippen LogP contribution in [0.15, 0.2) is 54.6 Å². The Bertz CT molecular complexity index is 725. The van der Waals surface area contributed by atoms with Crippen LogP contribution in [0.2, 0.25) is 0 Å². The number of nitro benzene ring substituents is 1. The molecule has 2 aromatic carbocycles. The van der Waals surface area contributed by atoms with Gasteiger partial charge in [-0.1, -0.05) is 30.3 Å². The van der Waals surface area contributed by atoms with Crippen LogP contribution in [0.4, 0.5) is 5.69 Å². The first-order valence-corrected chi connectivity index (χ1v) is 6.81. The number of carbonyl (C=O) groups excluding carboxylic acids is 1. The maximum Gasteiger partial charge on any atom is 0.330 e. The van der Waals surface area contributed by atoms with Crippen molar-refractivity contribution in [2.24, 2.45) is 0 Å². The van der Waals surface area contributed by atoms with E-state index in [9.17, 15) is 14.9 Å². The molecule has 0 unspecified atom stereocenters. The summed E-state index contributed by atoms with van der Waals surface area (Å²) in [5, 5.41) is 11.2. The Morgan fingerprint density at radius 2 is 1.96 bits per heavy atom. The van der Waals surface area contributed by atoms with E-state index >= 15 is 0 Å². The van der Waals surface area contributed by atoms with E-state index in [2.05, 4.69) is 4.74 Å². The number of carbonyl (C=O) groups is 1. The van der Waals surface area contributed by atoms with Crippen molar-refractivity contribution in [1.29, 1.82) is 0 Å². The summed E-state index contributed by atoms with van der Waals surface area (Å²) in [7, 11) is 1.24. The third-order valence-electron chi connectivity index (χ3n) is 3.05. The van der Waals surface area contributed by atoms with E-state index in [1.54, 1.807) is 6.07 Å². The fraction of sp³-hybridized carbons (Fsp3) is 0.118. The number of hydrogen-bond donors (Lipinski definition) is 0. The molecule has 0 bridgehead atoms. The second-order valence-electron chi connectivity index (χ2n) is 4.61. The highest BCUT2D eigenvalue weighted by Crippen LogP contribution is 2.26. The maximum atomic E-state index is 11.2. The Morgan fingerprint density at radius 1 is 1.22 bits per heavy atom. The lowest BCUT2D eigenvalue weighted by Gasteiger charge is -2.07. The second kappa shape index (κ2) is 7.74. The molecule has 0 radical (unpaired) electrons. The minimum atomic E-state index is -0.580. The zero-order valence-electron chi connectivity index (χ0n) is 12.5. The molecule has 0 aliphatic carbocycles. The zero-order chi connectivity index (χ0) is 16.7. The van der Waals surface area contributed by atoms with Gasteiger partial charge in [0.15, 0.2) is 0 Å². The largest absolute Gasteiger partial charge is 0.489 e. The van der Waals surface area contributed by atoms with Crippen molar-refractivity contribution in [2.45, 2.75) is 6.61 Å². The van der Waals surface area contributed by atoms with Gasteiger partial charge in [-0.15, -0.1) is 0 Å². The number of methoxy groups -OCH3 is 1. The summed E-state index contributed by atoms with van der Waals surface area (Å²) >= 11 is 0. The molecule has 23 heavy (non-hydrogen) atoms. The van der Waals surface area contributed by atoms with Crippen molar-refractivity contribution in [1.82, 2.24) is 0 Å². The predicted octanol–water partition coefficient (Wildman–Crippen LogP) is 3.36. The van der Waals surface area contributed by atoms with Crippen LogP contribution in [0, 0.1) is 10.1 Å². The minimum absolute atomic E-state index is 0.143. The molecule has 6 nitrogen and oxygen atoms in total. The highest BCUT2D eigenvalue weighted by Gasteiger charge is 2.13. The molecule has 0 aromatic heterocycles. The van der Waals surface area contributed by atoms with Gasteiger partial charge in [0, 0.05) is 6.08 Å². The van der Waals surface area contributed by atoms with Crippen molar-refractivity contribution in [3.05, 3.63) is 75.8 Å². The van der Waals surface area contributed by atoms with Crippen LogP contribution in [0.3, 0.4) is 0 Å². The summed E-state index contributed by atoms with van der Waals surface area (Å²) in [6, 6.07) is 14.0. The molecule has 0 spiro atoms. The highest BCUT2D eigenvalue weighted by molar-refractivity contribution is 5.87. The second-order valence-corrected chi connectivity index (χ2v) is 4.61. The van der Waals surface area contributed by atoms with E-state index in [1.807, 2.05) is 30.3 Å². The van der Waals surface area contributed by atoms with Crippen LogP contribution < -0.4 is 4.74 Å². The molecular formula is C17H15NO5. The lowest BCUT2D eigenvalue weighted by Crippen LogP contribution is -1.98. The summed E-state index contributed by atoms with van der Waals surface area (Å²) < 4.78 is 10.0. The van der Waals surface area contributed by atoms with Crippen molar-refractivity contribution >= 4 is 17.7 Å².